The monoisotopic (exact) mass is 467 g/mol. The number of amides is 1. The first-order valence-electron chi connectivity index (χ1n) is 10.1. The van der Waals surface area contributed by atoms with Crippen molar-refractivity contribution in [3.05, 3.63) is 89.2 Å². The van der Waals surface area contributed by atoms with E-state index in [4.69, 9.17) is 14.2 Å². The van der Waals surface area contributed by atoms with E-state index in [1.54, 1.807) is 24.3 Å². The second-order valence-corrected chi connectivity index (χ2v) is 6.98. The predicted molar refractivity (Wildman–Crippen MR) is 120 cm³/mol. The van der Waals surface area contributed by atoms with Crippen LogP contribution in [-0.2, 0) is 20.9 Å². The maximum atomic E-state index is 13.0. The van der Waals surface area contributed by atoms with Crippen LogP contribution in [-0.4, -0.2) is 38.7 Å². The minimum Gasteiger partial charge on any atom is -0.493 e. The van der Waals surface area contributed by atoms with E-state index in [0.717, 1.165) is 0 Å². The van der Waals surface area contributed by atoms with Crippen LogP contribution in [0.4, 0.5) is 10.1 Å². The number of nitrogens with one attached hydrogen (secondary N) is 1. The molecule has 0 aliphatic rings. The van der Waals surface area contributed by atoms with Crippen LogP contribution in [0.5, 0.6) is 11.5 Å². The van der Waals surface area contributed by atoms with Crippen molar-refractivity contribution in [2.75, 3.05) is 26.1 Å². The minimum atomic E-state index is -0.609. The Morgan fingerprint density at radius 3 is 2.29 bits per heavy atom. The Kier molecular flexibility index (Phi) is 8.17. The average molecular weight is 467 g/mol. The SMILES string of the molecule is COC(=O)c1cccc(COC(=O)c2ccc(OCC(=O)Nc3ccc(F)cc3)c(OC)c2)c1. The molecule has 9 heteroatoms. The molecular weight excluding hydrogens is 445 g/mol. The summed E-state index contributed by atoms with van der Waals surface area (Å²) in [6.45, 7) is -0.373. The number of carbonyl (C=O) groups excluding carboxylic acids is 3. The van der Waals surface area contributed by atoms with Crippen molar-refractivity contribution in [2.24, 2.45) is 0 Å². The minimum absolute atomic E-state index is 0.0478. The molecule has 0 spiro atoms. The third kappa shape index (κ3) is 6.55. The van der Waals surface area contributed by atoms with Crippen LogP contribution in [0.3, 0.4) is 0 Å². The van der Waals surface area contributed by atoms with Gasteiger partial charge in [0.05, 0.1) is 25.3 Å². The molecule has 0 fully saturated rings. The van der Waals surface area contributed by atoms with Crippen molar-refractivity contribution in [1.29, 1.82) is 0 Å². The highest BCUT2D eigenvalue weighted by atomic mass is 19.1. The van der Waals surface area contributed by atoms with Crippen LogP contribution in [0.1, 0.15) is 26.3 Å². The number of ether oxygens (including phenoxy) is 4. The van der Waals surface area contributed by atoms with E-state index in [1.165, 1.54) is 56.7 Å². The molecular formula is C25H22FNO7. The van der Waals surface area contributed by atoms with Gasteiger partial charge in [-0.25, -0.2) is 14.0 Å². The zero-order valence-corrected chi connectivity index (χ0v) is 18.5. The first-order chi connectivity index (χ1) is 16.4. The Morgan fingerprint density at radius 2 is 1.59 bits per heavy atom. The summed E-state index contributed by atoms with van der Waals surface area (Å²) in [4.78, 5) is 36.2. The molecule has 3 rings (SSSR count). The lowest BCUT2D eigenvalue weighted by molar-refractivity contribution is -0.118. The highest BCUT2D eigenvalue weighted by molar-refractivity contribution is 5.92. The molecule has 8 nitrogen and oxygen atoms in total. The van der Waals surface area contributed by atoms with Crippen molar-refractivity contribution >= 4 is 23.5 Å². The first kappa shape index (κ1) is 24.2. The molecule has 0 saturated heterocycles. The largest absolute Gasteiger partial charge is 0.493 e. The third-order valence-electron chi connectivity index (χ3n) is 4.60. The van der Waals surface area contributed by atoms with E-state index in [9.17, 15) is 18.8 Å². The van der Waals surface area contributed by atoms with Crippen LogP contribution in [0.25, 0.3) is 0 Å². The molecule has 0 heterocycles. The smallest absolute Gasteiger partial charge is 0.338 e. The predicted octanol–water partition coefficient (Wildman–Crippen LogP) is 4.00. The van der Waals surface area contributed by atoms with Crippen molar-refractivity contribution in [3.8, 4) is 11.5 Å². The van der Waals surface area contributed by atoms with Crippen LogP contribution in [0.15, 0.2) is 66.7 Å². The summed E-state index contributed by atoms with van der Waals surface area (Å²) in [6.07, 6.45) is 0. The molecule has 0 aliphatic heterocycles. The van der Waals surface area contributed by atoms with Gasteiger partial charge in [-0.05, 0) is 60.2 Å². The standard InChI is InChI=1S/C25H22FNO7/c1-31-22-13-18(25(30)34-14-16-4-3-5-17(12-16)24(29)32-2)6-11-21(22)33-15-23(28)27-20-9-7-19(26)8-10-20/h3-13H,14-15H2,1-2H3,(H,27,28). The second kappa shape index (κ2) is 11.5. The van der Waals surface area contributed by atoms with Gasteiger partial charge in [-0.1, -0.05) is 12.1 Å². The zero-order valence-electron chi connectivity index (χ0n) is 18.5. The maximum absolute atomic E-state index is 13.0. The molecule has 0 saturated carbocycles. The van der Waals surface area contributed by atoms with Crippen molar-refractivity contribution in [3.63, 3.8) is 0 Å². The van der Waals surface area contributed by atoms with Gasteiger partial charge in [0.2, 0.25) is 0 Å². The molecule has 1 N–H and O–H groups in total. The van der Waals surface area contributed by atoms with Gasteiger partial charge in [0.15, 0.2) is 18.1 Å². The number of halogens is 1. The number of hydrogen-bond donors (Lipinski definition) is 1. The van der Waals surface area contributed by atoms with Crippen LogP contribution < -0.4 is 14.8 Å². The molecule has 0 radical (unpaired) electrons. The summed E-state index contributed by atoms with van der Waals surface area (Å²) in [5.74, 6) is -1.48. The molecule has 0 unspecified atom stereocenters. The fraction of sp³-hybridized carbons (Fsp3) is 0.160. The number of anilines is 1. The quantitative estimate of drug-likeness (QED) is 0.475. The number of hydrogen-bond acceptors (Lipinski definition) is 7. The third-order valence-corrected chi connectivity index (χ3v) is 4.60. The van der Waals surface area contributed by atoms with E-state index in [-0.39, 0.29) is 30.3 Å². The highest BCUT2D eigenvalue weighted by Crippen LogP contribution is 2.28. The van der Waals surface area contributed by atoms with E-state index >= 15 is 0 Å². The Balaban J connectivity index is 1.58. The lowest BCUT2D eigenvalue weighted by atomic mass is 10.1. The number of benzene rings is 3. The molecule has 0 aromatic heterocycles. The normalized spacial score (nSPS) is 10.2. The lowest BCUT2D eigenvalue weighted by Gasteiger charge is -2.12. The maximum Gasteiger partial charge on any atom is 0.338 e. The first-order valence-corrected chi connectivity index (χ1v) is 10.1. The van der Waals surface area contributed by atoms with Crippen molar-refractivity contribution < 1.29 is 37.7 Å². The van der Waals surface area contributed by atoms with Gasteiger partial charge in [-0.3, -0.25) is 4.79 Å². The molecule has 3 aromatic carbocycles. The van der Waals surface area contributed by atoms with Gasteiger partial charge in [-0.2, -0.15) is 0 Å². The lowest BCUT2D eigenvalue weighted by Crippen LogP contribution is -2.20. The molecule has 1 amide bonds. The Morgan fingerprint density at radius 1 is 0.853 bits per heavy atom. The average Bonchev–Trinajstić information content (AvgIpc) is 2.87. The number of carbonyl (C=O) groups is 3. The van der Waals surface area contributed by atoms with Crippen LogP contribution in [0, 0.1) is 5.82 Å². The summed E-state index contributed by atoms with van der Waals surface area (Å²) in [6, 6.07) is 16.3. The molecule has 3 aromatic rings. The number of methoxy groups -OCH3 is 2. The number of esters is 2. The van der Waals surface area contributed by atoms with Crippen LogP contribution >= 0.6 is 0 Å². The highest BCUT2D eigenvalue weighted by Gasteiger charge is 2.14. The summed E-state index contributed by atoms with van der Waals surface area (Å²) in [5.41, 5.74) is 1.61. The zero-order chi connectivity index (χ0) is 24.5. The fourth-order valence-corrected chi connectivity index (χ4v) is 2.93. The molecule has 0 atom stereocenters. The van der Waals surface area contributed by atoms with Gasteiger partial charge in [0, 0.05) is 5.69 Å². The van der Waals surface area contributed by atoms with Gasteiger partial charge < -0.3 is 24.3 Å². The van der Waals surface area contributed by atoms with E-state index in [0.29, 0.717) is 16.8 Å². The molecule has 34 heavy (non-hydrogen) atoms. The summed E-state index contributed by atoms with van der Waals surface area (Å²) in [7, 11) is 2.68. The van der Waals surface area contributed by atoms with Crippen molar-refractivity contribution in [1.82, 2.24) is 0 Å². The molecule has 0 bridgehead atoms. The second-order valence-electron chi connectivity index (χ2n) is 6.98. The molecule has 176 valence electrons. The van der Waals surface area contributed by atoms with Crippen LogP contribution in [0.2, 0.25) is 0 Å². The summed E-state index contributed by atoms with van der Waals surface area (Å²) >= 11 is 0. The van der Waals surface area contributed by atoms with Gasteiger partial charge in [0.1, 0.15) is 12.4 Å². The van der Waals surface area contributed by atoms with E-state index < -0.39 is 23.7 Å². The summed E-state index contributed by atoms with van der Waals surface area (Å²) in [5, 5.41) is 2.58. The summed E-state index contributed by atoms with van der Waals surface area (Å²) < 4.78 is 33.7. The van der Waals surface area contributed by atoms with Gasteiger partial charge in [0.25, 0.3) is 5.91 Å². The Labute approximate surface area is 195 Å². The molecule has 0 aliphatic carbocycles. The van der Waals surface area contributed by atoms with E-state index in [2.05, 4.69) is 10.1 Å². The van der Waals surface area contributed by atoms with Gasteiger partial charge >= 0.3 is 11.9 Å². The topological polar surface area (TPSA) is 100 Å². The number of rotatable bonds is 9. The van der Waals surface area contributed by atoms with E-state index in [1.807, 2.05) is 0 Å². The van der Waals surface area contributed by atoms with Crippen molar-refractivity contribution in [2.45, 2.75) is 6.61 Å². The fourth-order valence-electron chi connectivity index (χ4n) is 2.93. The Hall–Kier alpha value is -4.40. The Bertz CT molecular complexity index is 1180. The van der Waals surface area contributed by atoms with Gasteiger partial charge in [-0.15, -0.1) is 0 Å².